The summed E-state index contributed by atoms with van der Waals surface area (Å²) in [5, 5.41) is 2.59. The Morgan fingerprint density at radius 2 is 2.21 bits per heavy atom. The standard InChI is InChI=1S/C8H10N2O2S2/c11-7-6(14-8(13)9-7)5-10-1-3-12-4-2-10/h5H,1-4H2,(H,9,11,13). The molecular formula is C8H10N2O2S2. The zero-order valence-corrected chi connectivity index (χ0v) is 9.12. The van der Waals surface area contributed by atoms with E-state index in [0.717, 1.165) is 26.3 Å². The van der Waals surface area contributed by atoms with E-state index in [1.807, 2.05) is 6.20 Å². The van der Waals surface area contributed by atoms with Crippen LogP contribution in [0.1, 0.15) is 0 Å². The molecule has 0 unspecified atom stereocenters. The molecule has 0 radical (unpaired) electrons. The van der Waals surface area contributed by atoms with E-state index in [4.69, 9.17) is 17.0 Å². The topological polar surface area (TPSA) is 41.6 Å². The van der Waals surface area contributed by atoms with Crippen LogP contribution in [0.2, 0.25) is 0 Å². The molecule has 14 heavy (non-hydrogen) atoms. The molecule has 1 N–H and O–H groups in total. The Labute approximate surface area is 91.7 Å². The fraction of sp³-hybridized carbons (Fsp3) is 0.500. The van der Waals surface area contributed by atoms with Gasteiger partial charge < -0.3 is 15.0 Å². The van der Waals surface area contributed by atoms with Crippen LogP contribution in [0.25, 0.3) is 0 Å². The van der Waals surface area contributed by atoms with Gasteiger partial charge in [-0.2, -0.15) is 0 Å². The number of rotatable bonds is 1. The number of thioether (sulfide) groups is 1. The van der Waals surface area contributed by atoms with Crippen LogP contribution in [0.5, 0.6) is 0 Å². The lowest BCUT2D eigenvalue weighted by Gasteiger charge is -2.25. The molecule has 0 bridgehead atoms. The molecule has 76 valence electrons. The van der Waals surface area contributed by atoms with E-state index in [1.54, 1.807) is 0 Å². The van der Waals surface area contributed by atoms with Crippen molar-refractivity contribution >= 4 is 34.2 Å². The largest absolute Gasteiger partial charge is 0.378 e. The Morgan fingerprint density at radius 3 is 2.79 bits per heavy atom. The van der Waals surface area contributed by atoms with Gasteiger partial charge in [0.15, 0.2) is 0 Å². The number of morpholine rings is 1. The van der Waals surface area contributed by atoms with Gasteiger partial charge in [0.2, 0.25) is 0 Å². The molecular weight excluding hydrogens is 220 g/mol. The Kier molecular flexibility index (Phi) is 3.05. The van der Waals surface area contributed by atoms with Gasteiger partial charge >= 0.3 is 0 Å². The van der Waals surface area contributed by atoms with Crippen molar-refractivity contribution in [3.63, 3.8) is 0 Å². The summed E-state index contributed by atoms with van der Waals surface area (Å²) in [5.41, 5.74) is 0. The van der Waals surface area contributed by atoms with E-state index in [-0.39, 0.29) is 5.91 Å². The van der Waals surface area contributed by atoms with Crippen molar-refractivity contribution in [2.45, 2.75) is 0 Å². The van der Waals surface area contributed by atoms with Gasteiger partial charge in [-0.05, 0) is 0 Å². The SMILES string of the molecule is O=C1NC(=S)SC1=CN1CCOCC1. The second-order valence-electron chi connectivity index (χ2n) is 2.99. The predicted molar refractivity (Wildman–Crippen MR) is 58.8 cm³/mol. The highest BCUT2D eigenvalue weighted by molar-refractivity contribution is 8.26. The third-order valence-electron chi connectivity index (χ3n) is 1.99. The minimum absolute atomic E-state index is 0.0912. The van der Waals surface area contributed by atoms with Crippen molar-refractivity contribution in [1.29, 1.82) is 0 Å². The smallest absolute Gasteiger partial charge is 0.265 e. The lowest BCUT2D eigenvalue weighted by atomic mass is 10.4. The van der Waals surface area contributed by atoms with Gasteiger partial charge in [-0.3, -0.25) is 4.79 Å². The molecule has 2 heterocycles. The zero-order chi connectivity index (χ0) is 9.97. The molecule has 2 aliphatic heterocycles. The molecule has 0 saturated carbocycles. The van der Waals surface area contributed by atoms with Gasteiger partial charge in [-0.25, -0.2) is 0 Å². The van der Waals surface area contributed by atoms with Gasteiger partial charge in [0, 0.05) is 19.3 Å². The Hall–Kier alpha value is -0.590. The number of amides is 1. The first-order chi connectivity index (χ1) is 6.75. The van der Waals surface area contributed by atoms with E-state index in [9.17, 15) is 4.79 Å². The number of nitrogens with zero attached hydrogens (tertiary/aromatic N) is 1. The summed E-state index contributed by atoms with van der Waals surface area (Å²) in [7, 11) is 0. The number of ether oxygens (including phenoxy) is 1. The van der Waals surface area contributed by atoms with Crippen LogP contribution in [0.15, 0.2) is 11.1 Å². The van der Waals surface area contributed by atoms with Crippen LogP contribution >= 0.6 is 24.0 Å². The Morgan fingerprint density at radius 1 is 1.50 bits per heavy atom. The number of carbonyl (C=O) groups excluding carboxylic acids is 1. The third-order valence-corrected chi connectivity index (χ3v) is 3.14. The van der Waals surface area contributed by atoms with Crippen molar-refractivity contribution < 1.29 is 9.53 Å². The number of hydrogen-bond donors (Lipinski definition) is 1. The van der Waals surface area contributed by atoms with E-state index in [2.05, 4.69) is 10.2 Å². The molecule has 6 heteroatoms. The molecule has 1 amide bonds. The lowest BCUT2D eigenvalue weighted by molar-refractivity contribution is -0.115. The summed E-state index contributed by atoms with van der Waals surface area (Å²) in [6.07, 6.45) is 1.86. The van der Waals surface area contributed by atoms with E-state index in [1.165, 1.54) is 11.8 Å². The van der Waals surface area contributed by atoms with Crippen molar-refractivity contribution in [3.8, 4) is 0 Å². The van der Waals surface area contributed by atoms with Crippen LogP contribution < -0.4 is 5.32 Å². The number of hydrogen-bond acceptors (Lipinski definition) is 5. The van der Waals surface area contributed by atoms with Gasteiger partial charge in [0.25, 0.3) is 5.91 Å². The summed E-state index contributed by atoms with van der Waals surface area (Å²) in [5.74, 6) is -0.0912. The number of carbonyl (C=O) groups is 1. The molecule has 2 saturated heterocycles. The van der Waals surface area contributed by atoms with Crippen LogP contribution in [0.4, 0.5) is 0 Å². The molecule has 0 aromatic carbocycles. The molecule has 0 aromatic heterocycles. The highest BCUT2D eigenvalue weighted by Gasteiger charge is 2.23. The second kappa shape index (κ2) is 4.29. The van der Waals surface area contributed by atoms with Gasteiger partial charge in [0.05, 0.1) is 18.1 Å². The molecule has 0 atom stereocenters. The van der Waals surface area contributed by atoms with Crippen LogP contribution in [0, 0.1) is 0 Å². The van der Waals surface area contributed by atoms with Crippen molar-refractivity contribution in [3.05, 3.63) is 11.1 Å². The maximum absolute atomic E-state index is 11.3. The van der Waals surface area contributed by atoms with Gasteiger partial charge in [-0.1, -0.05) is 24.0 Å². The highest BCUT2D eigenvalue weighted by Crippen LogP contribution is 2.23. The normalized spacial score (nSPS) is 25.7. The van der Waals surface area contributed by atoms with E-state index in [0.29, 0.717) is 9.23 Å². The summed E-state index contributed by atoms with van der Waals surface area (Å²) in [6.45, 7) is 3.12. The van der Waals surface area contributed by atoms with Crippen LogP contribution in [-0.4, -0.2) is 41.4 Å². The van der Waals surface area contributed by atoms with Gasteiger partial charge in [0.1, 0.15) is 4.32 Å². The molecule has 0 spiro atoms. The maximum atomic E-state index is 11.3. The molecule has 2 aliphatic rings. The molecule has 0 aliphatic carbocycles. The van der Waals surface area contributed by atoms with Crippen molar-refractivity contribution in [2.24, 2.45) is 0 Å². The lowest BCUT2D eigenvalue weighted by Crippen LogP contribution is -2.32. The van der Waals surface area contributed by atoms with Crippen molar-refractivity contribution in [2.75, 3.05) is 26.3 Å². The first kappa shape index (κ1) is 9.95. The quantitative estimate of drug-likeness (QED) is 0.518. The highest BCUT2D eigenvalue weighted by atomic mass is 32.2. The number of thiocarbonyl (C=S) groups is 1. The average molecular weight is 230 g/mol. The first-order valence-corrected chi connectivity index (χ1v) is 5.55. The summed E-state index contributed by atoms with van der Waals surface area (Å²) < 4.78 is 5.74. The molecule has 0 aromatic rings. The zero-order valence-electron chi connectivity index (χ0n) is 7.49. The monoisotopic (exact) mass is 230 g/mol. The van der Waals surface area contributed by atoms with Crippen LogP contribution in [0.3, 0.4) is 0 Å². The maximum Gasteiger partial charge on any atom is 0.265 e. The third kappa shape index (κ3) is 2.26. The fourth-order valence-electron chi connectivity index (χ4n) is 1.28. The molecule has 2 fully saturated rings. The molecule has 4 nitrogen and oxygen atoms in total. The van der Waals surface area contributed by atoms with Crippen molar-refractivity contribution in [1.82, 2.24) is 10.2 Å². The predicted octanol–water partition coefficient (Wildman–Crippen LogP) is 0.308. The van der Waals surface area contributed by atoms with E-state index >= 15 is 0 Å². The minimum atomic E-state index is -0.0912. The average Bonchev–Trinajstić information content (AvgIpc) is 2.47. The second-order valence-corrected chi connectivity index (χ2v) is 4.70. The summed E-state index contributed by atoms with van der Waals surface area (Å²) in [6, 6.07) is 0. The van der Waals surface area contributed by atoms with Crippen LogP contribution in [-0.2, 0) is 9.53 Å². The summed E-state index contributed by atoms with van der Waals surface area (Å²) >= 11 is 6.20. The Balaban J connectivity index is 2.02. The van der Waals surface area contributed by atoms with E-state index < -0.39 is 0 Å². The fourth-order valence-corrected chi connectivity index (χ4v) is 2.33. The Bertz CT molecular complexity index is 298. The minimum Gasteiger partial charge on any atom is -0.378 e. The first-order valence-electron chi connectivity index (χ1n) is 4.32. The molecule has 2 rings (SSSR count). The number of nitrogens with one attached hydrogen (secondary N) is 1. The summed E-state index contributed by atoms with van der Waals surface area (Å²) in [4.78, 5) is 14.1. The van der Waals surface area contributed by atoms with Gasteiger partial charge in [-0.15, -0.1) is 0 Å².